The number of pyridine rings is 1. The van der Waals surface area contributed by atoms with Gasteiger partial charge in [-0.25, -0.2) is 9.99 Å². The van der Waals surface area contributed by atoms with Gasteiger partial charge < -0.3 is 5.43 Å². The number of aromatic nitrogens is 1. The highest BCUT2D eigenvalue weighted by atomic mass is 35.5. The zero-order valence-corrected chi connectivity index (χ0v) is 16.2. The number of para-hydroxylation sites is 1. The standard InChI is InChI=1S/C21H18ClN3OS/c22-13-8-9-17-15(12-13)19(26)18-14-6-2-3-7-16(14)23-21(20(18)27-17)24-25-10-4-1-5-11-25/h2-3,6-9,12H,1,4-5,10-11H2,(H,23,24). The van der Waals surface area contributed by atoms with E-state index >= 15 is 0 Å². The van der Waals surface area contributed by atoms with Crippen LogP contribution in [0.1, 0.15) is 19.3 Å². The Morgan fingerprint density at radius 2 is 1.85 bits per heavy atom. The van der Waals surface area contributed by atoms with E-state index in [0.717, 1.165) is 44.6 Å². The monoisotopic (exact) mass is 395 g/mol. The lowest BCUT2D eigenvalue weighted by atomic mass is 10.1. The second kappa shape index (κ2) is 6.75. The van der Waals surface area contributed by atoms with Crippen LogP contribution in [0.25, 0.3) is 31.1 Å². The molecule has 5 rings (SSSR count). The fourth-order valence-electron chi connectivity index (χ4n) is 3.76. The quantitative estimate of drug-likeness (QED) is 0.363. The van der Waals surface area contributed by atoms with Gasteiger partial charge in [-0.1, -0.05) is 36.2 Å². The number of rotatable bonds is 2. The summed E-state index contributed by atoms with van der Waals surface area (Å²) >= 11 is 7.75. The normalized spacial score (nSPS) is 15.6. The molecule has 0 spiro atoms. The van der Waals surface area contributed by atoms with Crippen LogP contribution < -0.4 is 10.9 Å². The third kappa shape index (κ3) is 2.96. The van der Waals surface area contributed by atoms with Crippen molar-refractivity contribution in [3.63, 3.8) is 0 Å². The second-order valence-corrected chi connectivity index (χ2v) is 8.40. The number of nitrogens with zero attached hydrogens (tertiary/aromatic N) is 2. The van der Waals surface area contributed by atoms with Gasteiger partial charge in [0, 0.05) is 33.6 Å². The minimum Gasteiger partial charge on any atom is -0.302 e. The van der Waals surface area contributed by atoms with Crippen LogP contribution in [0.2, 0.25) is 5.02 Å². The lowest BCUT2D eigenvalue weighted by molar-refractivity contribution is 0.273. The van der Waals surface area contributed by atoms with Gasteiger partial charge in [-0.3, -0.25) is 4.79 Å². The first-order valence-corrected chi connectivity index (χ1v) is 10.4. The average molecular weight is 396 g/mol. The molecule has 2 aromatic carbocycles. The summed E-state index contributed by atoms with van der Waals surface area (Å²) < 4.78 is 1.83. The van der Waals surface area contributed by atoms with Gasteiger partial charge in [-0.15, -0.1) is 11.3 Å². The number of hydrogen-bond acceptors (Lipinski definition) is 5. The van der Waals surface area contributed by atoms with E-state index in [2.05, 4.69) is 10.4 Å². The summed E-state index contributed by atoms with van der Waals surface area (Å²) in [7, 11) is 0. The first-order chi connectivity index (χ1) is 13.2. The van der Waals surface area contributed by atoms with Crippen molar-refractivity contribution < 1.29 is 0 Å². The van der Waals surface area contributed by atoms with Gasteiger partial charge in [-0.2, -0.15) is 0 Å². The number of hydrazine groups is 1. The van der Waals surface area contributed by atoms with Crippen LogP contribution in [-0.2, 0) is 0 Å². The molecule has 0 amide bonds. The van der Waals surface area contributed by atoms with Gasteiger partial charge in [0.15, 0.2) is 11.2 Å². The van der Waals surface area contributed by atoms with Gasteiger partial charge in [0.2, 0.25) is 0 Å². The van der Waals surface area contributed by atoms with Crippen LogP contribution in [0, 0.1) is 0 Å². The topological polar surface area (TPSA) is 45.2 Å². The van der Waals surface area contributed by atoms with E-state index in [-0.39, 0.29) is 5.43 Å². The van der Waals surface area contributed by atoms with E-state index in [9.17, 15) is 4.79 Å². The molecular formula is C21H18ClN3OS. The molecule has 6 heteroatoms. The summed E-state index contributed by atoms with van der Waals surface area (Å²) in [6.07, 6.45) is 3.62. The molecule has 1 aliphatic rings. The Morgan fingerprint density at radius 1 is 1.04 bits per heavy atom. The Bertz CT molecular complexity index is 1230. The maximum Gasteiger partial charge on any atom is 0.196 e. The molecule has 0 radical (unpaired) electrons. The van der Waals surface area contributed by atoms with Gasteiger partial charge >= 0.3 is 0 Å². The van der Waals surface area contributed by atoms with Crippen LogP contribution in [0.3, 0.4) is 0 Å². The predicted octanol–water partition coefficient (Wildman–Crippen LogP) is 5.43. The first kappa shape index (κ1) is 16.9. The largest absolute Gasteiger partial charge is 0.302 e. The number of anilines is 1. The summed E-state index contributed by atoms with van der Waals surface area (Å²) in [6.45, 7) is 1.99. The third-order valence-electron chi connectivity index (χ3n) is 5.09. The zero-order valence-electron chi connectivity index (χ0n) is 14.7. The van der Waals surface area contributed by atoms with E-state index in [1.165, 1.54) is 19.3 Å². The van der Waals surface area contributed by atoms with Crippen LogP contribution in [-0.4, -0.2) is 23.1 Å². The molecule has 4 nitrogen and oxygen atoms in total. The summed E-state index contributed by atoms with van der Waals surface area (Å²) in [5.74, 6) is 0.768. The number of benzene rings is 2. The average Bonchev–Trinajstić information content (AvgIpc) is 2.69. The lowest BCUT2D eigenvalue weighted by Gasteiger charge is -2.27. The van der Waals surface area contributed by atoms with Crippen molar-refractivity contribution >= 4 is 59.8 Å². The Kier molecular flexibility index (Phi) is 4.23. The SMILES string of the molecule is O=c1c2cc(Cl)ccc2sc2c(NN3CCCCC3)nc3ccccc3c12. The predicted molar refractivity (Wildman–Crippen MR) is 115 cm³/mol. The molecule has 1 aliphatic heterocycles. The van der Waals surface area contributed by atoms with Crippen molar-refractivity contribution in [3.8, 4) is 0 Å². The summed E-state index contributed by atoms with van der Waals surface area (Å²) in [6, 6.07) is 13.4. The number of piperidine rings is 1. The van der Waals surface area contributed by atoms with Crippen molar-refractivity contribution in [2.24, 2.45) is 0 Å². The summed E-state index contributed by atoms with van der Waals surface area (Å²) in [5, 5.41) is 5.07. The highest BCUT2D eigenvalue weighted by Gasteiger charge is 2.17. The van der Waals surface area contributed by atoms with E-state index in [4.69, 9.17) is 16.6 Å². The van der Waals surface area contributed by atoms with E-state index in [0.29, 0.717) is 10.4 Å². The van der Waals surface area contributed by atoms with Crippen molar-refractivity contribution in [1.82, 2.24) is 9.99 Å². The molecule has 136 valence electrons. The smallest absolute Gasteiger partial charge is 0.196 e. The maximum absolute atomic E-state index is 13.4. The van der Waals surface area contributed by atoms with Crippen molar-refractivity contribution in [2.75, 3.05) is 18.5 Å². The molecule has 0 aliphatic carbocycles. The number of nitrogens with one attached hydrogen (secondary N) is 1. The van der Waals surface area contributed by atoms with Gasteiger partial charge in [0.25, 0.3) is 0 Å². The van der Waals surface area contributed by atoms with Crippen molar-refractivity contribution in [3.05, 3.63) is 57.7 Å². The maximum atomic E-state index is 13.4. The van der Waals surface area contributed by atoms with Gasteiger partial charge in [0.05, 0.1) is 15.6 Å². The summed E-state index contributed by atoms with van der Waals surface area (Å²) in [5.41, 5.74) is 4.33. The Hall–Kier alpha value is -2.21. The van der Waals surface area contributed by atoms with Crippen LogP contribution in [0.15, 0.2) is 47.3 Å². The number of halogens is 1. The van der Waals surface area contributed by atoms with E-state index in [1.54, 1.807) is 17.4 Å². The molecule has 1 fully saturated rings. The number of hydrogen-bond donors (Lipinski definition) is 1. The van der Waals surface area contributed by atoms with Gasteiger partial charge in [0.1, 0.15) is 0 Å². The van der Waals surface area contributed by atoms with E-state index < -0.39 is 0 Å². The molecule has 0 atom stereocenters. The molecule has 3 heterocycles. The molecule has 0 saturated carbocycles. The number of fused-ring (bicyclic) bond motifs is 4. The fraction of sp³-hybridized carbons (Fsp3) is 0.238. The Balaban J connectivity index is 1.84. The molecule has 0 bridgehead atoms. The Labute approximate surface area is 165 Å². The molecule has 0 unspecified atom stereocenters. The third-order valence-corrected chi connectivity index (χ3v) is 6.51. The van der Waals surface area contributed by atoms with Crippen molar-refractivity contribution in [1.29, 1.82) is 0 Å². The van der Waals surface area contributed by atoms with E-state index in [1.807, 2.05) is 36.4 Å². The van der Waals surface area contributed by atoms with Crippen LogP contribution >= 0.6 is 22.9 Å². The first-order valence-electron chi connectivity index (χ1n) is 9.17. The second-order valence-electron chi connectivity index (χ2n) is 6.91. The lowest BCUT2D eigenvalue weighted by Crippen LogP contribution is -2.35. The molecule has 1 N–H and O–H groups in total. The highest BCUT2D eigenvalue weighted by Crippen LogP contribution is 2.35. The minimum absolute atomic E-state index is 0.0153. The highest BCUT2D eigenvalue weighted by molar-refractivity contribution is 7.25. The Morgan fingerprint density at radius 3 is 2.70 bits per heavy atom. The van der Waals surface area contributed by atoms with Crippen LogP contribution in [0.4, 0.5) is 5.82 Å². The van der Waals surface area contributed by atoms with Crippen LogP contribution in [0.5, 0.6) is 0 Å². The zero-order chi connectivity index (χ0) is 18.4. The summed E-state index contributed by atoms with van der Waals surface area (Å²) in [4.78, 5) is 18.2. The van der Waals surface area contributed by atoms with Crippen molar-refractivity contribution in [2.45, 2.75) is 19.3 Å². The molecule has 27 heavy (non-hydrogen) atoms. The fourth-order valence-corrected chi connectivity index (χ4v) is 5.05. The molecule has 2 aromatic heterocycles. The molecule has 4 aromatic rings. The molecular weight excluding hydrogens is 378 g/mol. The molecule has 1 saturated heterocycles. The minimum atomic E-state index is 0.0153. The van der Waals surface area contributed by atoms with Gasteiger partial charge in [-0.05, 0) is 37.1 Å².